The first-order valence-corrected chi connectivity index (χ1v) is 8.37. The van der Waals surface area contributed by atoms with E-state index in [0.717, 1.165) is 23.9 Å². The van der Waals surface area contributed by atoms with Crippen molar-refractivity contribution in [3.8, 4) is 0 Å². The molecule has 0 bridgehead atoms. The first-order chi connectivity index (χ1) is 11.9. The van der Waals surface area contributed by atoms with Crippen LogP contribution in [0.3, 0.4) is 0 Å². The second-order valence-electron chi connectivity index (χ2n) is 5.18. The number of amides is 1. The van der Waals surface area contributed by atoms with Crippen LogP contribution in [0.15, 0.2) is 28.2 Å². The van der Waals surface area contributed by atoms with Gasteiger partial charge in [0.15, 0.2) is 5.16 Å². The molecular weight excluding hydrogens is 354 g/mol. The van der Waals surface area contributed by atoms with Crippen LogP contribution < -0.4 is 11.0 Å². The summed E-state index contributed by atoms with van der Waals surface area (Å²) >= 11 is 1.06. The van der Waals surface area contributed by atoms with Gasteiger partial charge >= 0.3 is 5.69 Å². The van der Waals surface area contributed by atoms with Crippen LogP contribution >= 0.6 is 11.8 Å². The molecule has 1 aromatic carbocycles. The van der Waals surface area contributed by atoms with E-state index in [1.165, 1.54) is 4.57 Å². The van der Waals surface area contributed by atoms with E-state index < -0.39 is 22.8 Å². The smallest absolute Gasteiger partial charge is 0.343 e. The summed E-state index contributed by atoms with van der Waals surface area (Å²) in [6.45, 7) is 2.48. The Morgan fingerprint density at radius 3 is 2.92 bits per heavy atom. The van der Waals surface area contributed by atoms with Gasteiger partial charge in [0.2, 0.25) is 5.91 Å². The van der Waals surface area contributed by atoms with E-state index in [2.05, 4.69) is 15.5 Å². The maximum Gasteiger partial charge on any atom is 0.343 e. The predicted octanol–water partition coefficient (Wildman–Crippen LogP) is 2.01. The van der Waals surface area contributed by atoms with E-state index in [-0.39, 0.29) is 11.4 Å². The average Bonchev–Trinajstić information content (AvgIpc) is 2.90. The number of hydrogen-bond acceptors (Lipinski definition) is 5. The van der Waals surface area contributed by atoms with Gasteiger partial charge in [0.1, 0.15) is 11.6 Å². The summed E-state index contributed by atoms with van der Waals surface area (Å²) in [5.41, 5.74) is -0.492. The maximum atomic E-state index is 13.6. The molecule has 1 amide bonds. The number of anilines is 1. The minimum atomic E-state index is -0.859. The largest absolute Gasteiger partial charge is 0.385 e. The van der Waals surface area contributed by atoms with Crippen molar-refractivity contribution in [3.63, 3.8) is 0 Å². The van der Waals surface area contributed by atoms with Gasteiger partial charge in [0, 0.05) is 26.3 Å². The van der Waals surface area contributed by atoms with E-state index in [1.807, 2.05) is 0 Å². The molecule has 25 heavy (non-hydrogen) atoms. The number of aromatic amines is 1. The SMILES string of the molecule is COCCCn1c(S[C@H](C)C(=O)Nc2ccc(F)cc2F)n[nH]c1=O. The van der Waals surface area contributed by atoms with Gasteiger partial charge in [-0.25, -0.2) is 18.7 Å². The Labute approximate surface area is 146 Å². The lowest BCUT2D eigenvalue weighted by Crippen LogP contribution is -2.24. The second-order valence-corrected chi connectivity index (χ2v) is 6.49. The highest BCUT2D eigenvalue weighted by atomic mass is 32.2. The average molecular weight is 372 g/mol. The Balaban J connectivity index is 2.02. The molecule has 7 nitrogen and oxygen atoms in total. The third-order valence-electron chi connectivity index (χ3n) is 3.29. The number of nitrogens with one attached hydrogen (secondary N) is 2. The highest BCUT2D eigenvalue weighted by molar-refractivity contribution is 8.00. The molecule has 2 aromatic rings. The monoisotopic (exact) mass is 372 g/mol. The number of carbonyl (C=O) groups is 1. The minimum Gasteiger partial charge on any atom is -0.385 e. The van der Waals surface area contributed by atoms with Crippen LogP contribution in [0.25, 0.3) is 0 Å². The minimum absolute atomic E-state index is 0.113. The van der Waals surface area contributed by atoms with E-state index in [1.54, 1.807) is 14.0 Å². The molecule has 0 fully saturated rings. The van der Waals surface area contributed by atoms with E-state index in [9.17, 15) is 18.4 Å². The molecule has 2 rings (SSSR count). The quantitative estimate of drug-likeness (QED) is 0.547. The van der Waals surface area contributed by atoms with Gasteiger partial charge in [0.25, 0.3) is 0 Å². The topological polar surface area (TPSA) is 89.0 Å². The van der Waals surface area contributed by atoms with Crippen LogP contribution in [-0.4, -0.2) is 39.6 Å². The molecule has 0 saturated carbocycles. The van der Waals surface area contributed by atoms with Gasteiger partial charge in [-0.2, -0.15) is 0 Å². The molecule has 0 aliphatic rings. The van der Waals surface area contributed by atoms with Crippen molar-refractivity contribution in [1.29, 1.82) is 0 Å². The number of aromatic nitrogens is 3. The lowest BCUT2D eigenvalue weighted by Gasteiger charge is -2.12. The molecule has 0 spiro atoms. The Morgan fingerprint density at radius 2 is 2.24 bits per heavy atom. The molecule has 0 aliphatic carbocycles. The number of benzene rings is 1. The lowest BCUT2D eigenvalue weighted by molar-refractivity contribution is -0.115. The summed E-state index contributed by atoms with van der Waals surface area (Å²) in [7, 11) is 1.56. The van der Waals surface area contributed by atoms with Crippen LogP contribution in [0.4, 0.5) is 14.5 Å². The highest BCUT2D eigenvalue weighted by Crippen LogP contribution is 2.22. The van der Waals surface area contributed by atoms with Gasteiger partial charge in [0.05, 0.1) is 10.9 Å². The summed E-state index contributed by atoms with van der Waals surface area (Å²) in [6.07, 6.45) is 0.616. The third-order valence-corrected chi connectivity index (χ3v) is 4.38. The number of methoxy groups -OCH3 is 1. The van der Waals surface area contributed by atoms with Gasteiger partial charge in [-0.1, -0.05) is 11.8 Å². The molecular formula is C15H18F2N4O3S. The fourth-order valence-electron chi connectivity index (χ4n) is 1.99. The molecule has 1 aromatic heterocycles. The van der Waals surface area contributed by atoms with Crippen LogP contribution in [-0.2, 0) is 16.1 Å². The molecule has 0 unspecified atom stereocenters. The maximum absolute atomic E-state index is 13.6. The fourth-order valence-corrected chi connectivity index (χ4v) is 2.88. The Kier molecular flexibility index (Phi) is 6.71. The number of nitrogens with zero attached hydrogens (tertiary/aromatic N) is 2. The van der Waals surface area contributed by atoms with Crippen molar-refractivity contribution in [1.82, 2.24) is 14.8 Å². The fraction of sp³-hybridized carbons (Fsp3) is 0.400. The van der Waals surface area contributed by atoms with Crippen molar-refractivity contribution in [2.24, 2.45) is 0 Å². The summed E-state index contributed by atoms with van der Waals surface area (Å²) < 4.78 is 32.9. The van der Waals surface area contributed by atoms with Crippen LogP contribution in [0, 0.1) is 11.6 Å². The number of H-pyrrole nitrogens is 1. The molecule has 0 saturated heterocycles. The van der Waals surface area contributed by atoms with Crippen molar-refractivity contribution >= 4 is 23.4 Å². The predicted molar refractivity (Wildman–Crippen MR) is 89.6 cm³/mol. The lowest BCUT2D eigenvalue weighted by atomic mass is 10.3. The third kappa shape index (κ3) is 5.13. The zero-order valence-electron chi connectivity index (χ0n) is 13.7. The Hall–Kier alpha value is -2.20. The summed E-state index contributed by atoms with van der Waals surface area (Å²) in [6, 6.07) is 2.89. The van der Waals surface area contributed by atoms with Gasteiger partial charge < -0.3 is 10.1 Å². The van der Waals surface area contributed by atoms with Crippen LogP contribution in [0.5, 0.6) is 0 Å². The molecule has 1 atom stereocenters. The summed E-state index contributed by atoms with van der Waals surface area (Å²) in [4.78, 5) is 24.0. The highest BCUT2D eigenvalue weighted by Gasteiger charge is 2.20. The van der Waals surface area contributed by atoms with Gasteiger partial charge in [-0.15, -0.1) is 5.10 Å². The molecule has 0 aliphatic heterocycles. The summed E-state index contributed by atoms with van der Waals surface area (Å²) in [5, 5.41) is 8.32. The number of carbonyl (C=O) groups excluding carboxylic acids is 1. The van der Waals surface area contributed by atoms with Crippen LogP contribution in [0.2, 0.25) is 0 Å². The number of hydrogen-bond donors (Lipinski definition) is 2. The number of halogens is 2. The van der Waals surface area contributed by atoms with E-state index in [4.69, 9.17) is 4.74 Å². The second kappa shape index (κ2) is 8.77. The summed E-state index contributed by atoms with van der Waals surface area (Å²) in [5.74, 6) is -2.08. The zero-order valence-corrected chi connectivity index (χ0v) is 14.5. The molecule has 0 radical (unpaired) electrons. The van der Waals surface area contributed by atoms with Crippen molar-refractivity contribution in [2.45, 2.75) is 30.3 Å². The van der Waals surface area contributed by atoms with Crippen molar-refractivity contribution in [2.75, 3.05) is 19.0 Å². The first kappa shape index (κ1) is 19.1. The van der Waals surface area contributed by atoms with Crippen molar-refractivity contribution < 1.29 is 18.3 Å². The van der Waals surface area contributed by atoms with E-state index >= 15 is 0 Å². The molecule has 2 N–H and O–H groups in total. The number of rotatable bonds is 8. The van der Waals surface area contributed by atoms with Crippen LogP contribution in [0.1, 0.15) is 13.3 Å². The molecule has 1 heterocycles. The number of ether oxygens (including phenoxy) is 1. The Morgan fingerprint density at radius 1 is 1.48 bits per heavy atom. The number of thioether (sulfide) groups is 1. The van der Waals surface area contributed by atoms with Gasteiger partial charge in [-0.05, 0) is 25.5 Å². The Bertz CT molecular complexity index is 793. The zero-order chi connectivity index (χ0) is 18.4. The standard InChI is InChI=1S/C15H18F2N4O3S/c1-9(13(22)18-12-5-4-10(16)8-11(12)17)25-15-20-19-14(23)21(15)6-3-7-24-2/h4-5,8-9H,3,6-7H2,1-2H3,(H,18,22)(H,19,23)/t9-/m1/s1. The first-order valence-electron chi connectivity index (χ1n) is 7.49. The van der Waals surface area contributed by atoms with Crippen molar-refractivity contribution in [3.05, 3.63) is 40.3 Å². The van der Waals surface area contributed by atoms with Gasteiger partial charge in [-0.3, -0.25) is 9.36 Å². The normalized spacial score (nSPS) is 12.2. The molecule has 10 heteroatoms. The molecule has 136 valence electrons. The van der Waals surface area contributed by atoms with E-state index in [0.29, 0.717) is 30.8 Å².